The Kier molecular flexibility index (Phi) is 10.8. The summed E-state index contributed by atoms with van der Waals surface area (Å²) < 4.78 is 63.1. The van der Waals surface area contributed by atoms with Crippen LogP contribution < -0.4 is 9.08 Å². The third-order valence-corrected chi connectivity index (χ3v) is 10.5. The number of hydrogen-bond donors (Lipinski definition) is 5. The number of hydrogen-bond acceptors (Lipinski definition) is 10. The predicted molar refractivity (Wildman–Crippen MR) is 181 cm³/mol. The smallest absolute Gasteiger partial charge is 0.311 e. The second-order valence-corrected chi connectivity index (χ2v) is 14.3. The Bertz CT molecular complexity index is 1910. The minimum absolute atomic E-state index is 0.0199. The number of benzene rings is 4. The minimum atomic E-state index is -4.34. The zero-order valence-corrected chi connectivity index (χ0v) is 27.9. The van der Waals surface area contributed by atoms with Crippen LogP contribution in [0.5, 0.6) is 5.75 Å². The Morgan fingerprint density at radius 3 is 1.90 bits per heavy atom. The standard InChI is InChI=1S/C37H37F2NO10S/c38-25-9-5-23(6-10-25)30(42)18-17-29-33(40(37(29)46)27-13-11-26(39)12-14-27)24-3-1-21(2-4-24)22-7-15-28(16-8-22)50-51(47,48)20-32-35(44)36(45)34(43)31(19-41)49-32/h1-16,29-36,41-45H,17-20H2. The molecule has 0 spiro atoms. The van der Waals surface area contributed by atoms with Crippen molar-refractivity contribution < 1.29 is 56.4 Å². The maximum absolute atomic E-state index is 13.7. The summed E-state index contributed by atoms with van der Waals surface area (Å²) >= 11 is 0. The molecule has 4 aromatic carbocycles. The van der Waals surface area contributed by atoms with Crippen molar-refractivity contribution in [3.63, 3.8) is 0 Å². The SMILES string of the molecule is O=C1C(CCC(O)c2ccc(F)cc2)C(c2ccc(-c3ccc(OS(=O)(=O)CC4OC(CO)C(O)C(O)C4O)cc3)cc2)N1c1ccc(F)cc1. The fraction of sp³-hybridized carbons (Fsp3) is 0.324. The van der Waals surface area contributed by atoms with Crippen molar-refractivity contribution >= 4 is 21.7 Å². The molecule has 1 amide bonds. The van der Waals surface area contributed by atoms with Gasteiger partial charge in [0, 0.05) is 5.69 Å². The minimum Gasteiger partial charge on any atom is -0.394 e. The number of anilines is 1. The van der Waals surface area contributed by atoms with Crippen LogP contribution in [0.2, 0.25) is 0 Å². The van der Waals surface area contributed by atoms with Gasteiger partial charge in [-0.25, -0.2) is 8.78 Å². The van der Waals surface area contributed by atoms with Crippen LogP contribution in [0.1, 0.15) is 36.1 Å². The second-order valence-electron chi connectivity index (χ2n) is 12.7. The fourth-order valence-electron chi connectivity index (χ4n) is 6.56. The lowest BCUT2D eigenvalue weighted by Gasteiger charge is -2.48. The lowest BCUT2D eigenvalue weighted by molar-refractivity contribution is -0.223. The summed E-state index contributed by atoms with van der Waals surface area (Å²) in [5.74, 6) is -2.36. The van der Waals surface area contributed by atoms with Gasteiger partial charge in [-0.15, -0.1) is 0 Å². The molecule has 2 heterocycles. The molecule has 6 rings (SSSR count). The largest absolute Gasteiger partial charge is 0.394 e. The first-order valence-corrected chi connectivity index (χ1v) is 17.9. The van der Waals surface area contributed by atoms with Crippen LogP contribution in [0.25, 0.3) is 11.1 Å². The van der Waals surface area contributed by atoms with Crippen molar-refractivity contribution in [2.75, 3.05) is 17.3 Å². The molecule has 11 nitrogen and oxygen atoms in total. The Morgan fingerprint density at radius 1 is 0.765 bits per heavy atom. The first kappa shape index (κ1) is 36.5. The molecule has 14 heteroatoms. The molecule has 0 aliphatic carbocycles. The van der Waals surface area contributed by atoms with Gasteiger partial charge in [0.15, 0.2) is 0 Å². The lowest BCUT2D eigenvalue weighted by Crippen LogP contribution is -2.60. The lowest BCUT2D eigenvalue weighted by atomic mass is 9.78. The first-order valence-electron chi connectivity index (χ1n) is 16.3. The molecule has 0 aromatic heterocycles. The van der Waals surface area contributed by atoms with E-state index in [0.29, 0.717) is 17.7 Å². The molecule has 2 fully saturated rings. The van der Waals surface area contributed by atoms with Gasteiger partial charge in [0.25, 0.3) is 0 Å². The number of halogens is 2. The van der Waals surface area contributed by atoms with Gasteiger partial charge in [-0.05, 0) is 83.6 Å². The van der Waals surface area contributed by atoms with Crippen LogP contribution in [0, 0.1) is 17.6 Å². The molecule has 270 valence electrons. The summed E-state index contributed by atoms with van der Waals surface area (Å²) in [6, 6.07) is 24.4. The molecule has 0 bridgehead atoms. The van der Waals surface area contributed by atoms with E-state index in [4.69, 9.17) is 8.92 Å². The average Bonchev–Trinajstić information content (AvgIpc) is 3.12. The molecular formula is C37H37F2NO10S. The molecule has 2 aliphatic rings. The normalized spacial score (nSPS) is 25.7. The zero-order valence-electron chi connectivity index (χ0n) is 27.1. The van der Waals surface area contributed by atoms with Crippen LogP contribution in [0.3, 0.4) is 0 Å². The monoisotopic (exact) mass is 725 g/mol. The van der Waals surface area contributed by atoms with Crippen molar-refractivity contribution in [2.45, 2.75) is 55.5 Å². The van der Waals surface area contributed by atoms with Crippen molar-refractivity contribution in [1.82, 2.24) is 0 Å². The number of ether oxygens (including phenoxy) is 1. The number of aliphatic hydroxyl groups excluding tert-OH is 5. The Balaban J connectivity index is 1.14. The molecule has 4 aromatic rings. The van der Waals surface area contributed by atoms with E-state index in [9.17, 15) is 47.5 Å². The maximum atomic E-state index is 13.7. The number of carbonyl (C=O) groups is 1. The summed E-state index contributed by atoms with van der Waals surface area (Å²) in [5.41, 5.74) is 3.38. The van der Waals surface area contributed by atoms with E-state index in [1.165, 1.54) is 60.7 Å². The van der Waals surface area contributed by atoms with Crippen LogP contribution in [0.15, 0.2) is 97.1 Å². The van der Waals surface area contributed by atoms with Crippen LogP contribution in [-0.4, -0.2) is 82.7 Å². The number of aliphatic hydroxyl groups is 5. The van der Waals surface area contributed by atoms with Crippen LogP contribution in [-0.2, 0) is 19.6 Å². The van der Waals surface area contributed by atoms with Gasteiger partial charge in [0.1, 0.15) is 53.7 Å². The quantitative estimate of drug-likeness (QED) is 0.108. The van der Waals surface area contributed by atoms with E-state index >= 15 is 0 Å². The molecule has 0 radical (unpaired) electrons. The number of nitrogens with zero attached hydrogens (tertiary/aromatic N) is 1. The van der Waals surface area contributed by atoms with Gasteiger partial charge in [0.05, 0.1) is 24.7 Å². The average molecular weight is 726 g/mol. The highest BCUT2D eigenvalue weighted by Gasteiger charge is 2.48. The van der Waals surface area contributed by atoms with Crippen molar-refractivity contribution in [1.29, 1.82) is 0 Å². The van der Waals surface area contributed by atoms with Crippen molar-refractivity contribution in [3.05, 3.63) is 120 Å². The maximum Gasteiger partial charge on any atom is 0.311 e. The van der Waals surface area contributed by atoms with Gasteiger partial charge in [-0.2, -0.15) is 8.42 Å². The molecule has 2 aliphatic heterocycles. The van der Waals surface area contributed by atoms with Crippen molar-refractivity contribution in [2.24, 2.45) is 5.92 Å². The highest BCUT2D eigenvalue weighted by atomic mass is 32.2. The van der Waals surface area contributed by atoms with Gasteiger partial charge in [-0.3, -0.25) is 4.79 Å². The summed E-state index contributed by atoms with van der Waals surface area (Å²) in [6.45, 7) is -0.695. The molecule has 0 saturated carbocycles. The van der Waals surface area contributed by atoms with Gasteiger partial charge in [0.2, 0.25) is 5.91 Å². The first-order chi connectivity index (χ1) is 24.3. The van der Waals surface area contributed by atoms with Crippen molar-refractivity contribution in [3.8, 4) is 16.9 Å². The van der Waals surface area contributed by atoms with Crippen LogP contribution in [0.4, 0.5) is 14.5 Å². The zero-order chi connectivity index (χ0) is 36.4. The van der Waals surface area contributed by atoms with Gasteiger partial charge < -0.3 is 39.4 Å². The second kappa shape index (κ2) is 15.1. The van der Waals surface area contributed by atoms with Gasteiger partial charge >= 0.3 is 10.1 Å². The predicted octanol–water partition coefficient (Wildman–Crippen LogP) is 3.40. The summed E-state index contributed by atoms with van der Waals surface area (Å²) in [6.07, 6.45) is -8.05. The number of β-lactam (4-membered cyclic amide) rings is 1. The molecule has 8 unspecified atom stereocenters. The number of carbonyl (C=O) groups excluding carboxylic acids is 1. The summed E-state index contributed by atoms with van der Waals surface area (Å²) in [7, 11) is -4.34. The third kappa shape index (κ3) is 7.97. The molecule has 51 heavy (non-hydrogen) atoms. The third-order valence-electron chi connectivity index (χ3n) is 9.35. The summed E-state index contributed by atoms with van der Waals surface area (Å²) in [4.78, 5) is 15.0. The summed E-state index contributed by atoms with van der Waals surface area (Å²) in [5, 5.41) is 50.2. The van der Waals surface area contributed by atoms with E-state index in [2.05, 4.69) is 0 Å². The number of amides is 1. The van der Waals surface area contributed by atoms with E-state index < -0.39 is 82.7 Å². The molecule has 8 atom stereocenters. The highest BCUT2D eigenvalue weighted by Crippen LogP contribution is 2.46. The fourth-order valence-corrected chi connectivity index (χ4v) is 7.71. The Labute approximate surface area is 293 Å². The van der Waals surface area contributed by atoms with E-state index in [1.54, 1.807) is 17.0 Å². The van der Waals surface area contributed by atoms with E-state index in [0.717, 1.165) is 16.7 Å². The van der Waals surface area contributed by atoms with Crippen LogP contribution >= 0.6 is 0 Å². The number of rotatable bonds is 12. The molecule has 5 N–H and O–H groups in total. The van der Waals surface area contributed by atoms with E-state index in [-0.39, 0.29) is 18.1 Å². The Hall–Kier alpha value is -4.28. The van der Waals surface area contributed by atoms with Gasteiger partial charge in [-0.1, -0.05) is 48.5 Å². The Morgan fingerprint density at radius 2 is 1.31 bits per heavy atom. The highest BCUT2D eigenvalue weighted by molar-refractivity contribution is 7.87. The topological polar surface area (TPSA) is 174 Å². The van der Waals surface area contributed by atoms with E-state index in [1.807, 2.05) is 24.3 Å². The molecule has 2 saturated heterocycles. The molecular weight excluding hydrogens is 688 g/mol.